The first kappa shape index (κ1) is 15.5. The number of amides is 1. The lowest BCUT2D eigenvalue weighted by molar-refractivity contribution is -0.116. The summed E-state index contributed by atoms with van der Waals surface area (Å²) >= 11 is 3.10. The highest BCUT2D eigenvalue weighted by atomic mass is 79.9. The topological polar surface area (TPSA) is 66.8 Å². The number of halogens is 1. The number of rotatable bonds is 4. The van der Waals surface area contributed by atoms with Crippen LogP contribution in [-0.2, 0) is 9.53 Å². The monoisotopic (exact) mass is 329 g/mol. The van der Waals surface area contributed by atoms with Crippen molar-refractivity contribution in [2.24, 2.45) is 0 Å². The minimum Gasteiger partial charge on any atom is -0.506 e. The van der Waals surface area contributed by atoms with E-state index in [0.717, 1.165) is 0 Å². The molecule has 0 radical (unpaired) electrons. The minimum atomic E-state index is -0.517. The highest BCUT2D eigenvalue weighted by Crippen LogP contribution is 2.30. The van der Waals surface area contributed by atoms with Gasteiger partial charge in [0.05, 0.1) is 23.7 Å². The van der Waals surface area contributed by atoms with E-state index in [0.29, 0.717) is 5.69 Å². The standard InChI is InChI=1S/C13H16BrNO4/c1-8(2)15(12(17)7-14)10-6-9(13(18)19-3)4-5-11(10)16/h4-6,8,16H,7H2,1-3H3. The Morgan fingerprint density at radius 2 is 2.05 bits per heavy atom. The van der Waals surface area contributed by atoms with E-state index in [4.69, 9.17) is 0 Å². The summed E-state index contributed by atoms with van der Waals surface area (Å²) in [6, 6.07) is 4.12. The number of carbonyl (C=O) groups is 2. The fraction of sp³-hybridized carbons (Fsp3) is 0.385. The third kappa shape index (κ3) is 3.47. The summed E-state index contributed by atoms with van der Waals surface area (Å²) in [5.41, 5.74) is 0.575. The molecule has 0 saturated carbocycles. The molecule has 0 spiro atoms. The van der Waals surface area contributed by atoms with Crippen LogP contribution in [0.2, 0.25) is 0 Å². The molecule has 0 unspecified atom stereocenters. The Balaban J connectivity index is 3.29. The van der Waals surface area contributed by atoms with Crippen molar-refractivity contribution < 1.29 is 19.4 Å². The van der Waals surface area contributed by atoms with Gasteiger partial charge in [0.15, 0.2) is 0 Å². The summed E-state index contributed by atoms with van der Waals surface area (Å²) in [6.45, 7) is 3.65. The van der Waals surface area contributed by atoms with Crippen LogP contribution >= 0.6 is 15.9 Å². The number of phenolic OH excluding ortho intramolecular Hbond substituents is 1. The van der Waals surface area contributed by atoms with Gasteiger partial charge in [0, 0.05) is 6.04 Å². The summed E-state index contributed by atoms with van der Waals surface area (Å²) < 4.78 is 4.62. The fourth-order valence-corrected chi connectivity index (χ4v) is 2.00. The summed E-state index contributed by atoms with van der Waals surface area (Å²) in [5.74, 6) is -0.779. The molecule has 5 nitrogen and oxygen atoms in total. The lowest BCUT2D eigenvalue weighted by Gasteiger charge is -2.27. The molecule has 0 aliphatic rings. The third-order valence-electron chi connectivity index (χ3n) is 2.56. The number of benzene rings is 1. The average molecular weight is 330 g/mol. The number of hydrogen-bond donors (Lipinski definition) is 1. The van der Waals surface area contributed by atoms with E-state index in [1.807, 2.05) is 13.8 Å². The van der Waals surface area contributed by atoms with Gasteiger partial charge in [-0.05, 0) is 32.0 Å². The Bertz CT molecular complexity index is 488. The molecule has 0 aliphatic heterocycles. The Kier molecular flexibility index (Phi) is 5.35. The number of nitrogens with zero attached hydrogens (tertiary/aromatic N) is 1. The minimum absolute atomic E-state index is 0.0596. The van der Waals surface area contributed by atoms with Crippen LogP contribution in [0.3, 0.4) is 0 Å². The van der Waals surface area contributed by atoms with E-state index in [2.05, 4.69) is 20.7 Å². The molecule has 0 fully saturated rings. The predicted molar refractivity (Wildman–Crippen MR) is 75.9 cm³/mol. The molecule has 0 aliphatic carbocycles. The van der Waals surface area contributed by atoms with Crippen molar-refractivity contribution in [3.63, 3.8) is 0 Å². The first-order valence-corrected chi connectivity index (χ1v) is 6.83. The molecule has 0 atom stereocenters. The summed E-state index contributed by atoms with van der Waals surface area (Å²) in [5, 5.41) is 10.0. The highest BCUT2D eigenvalue weighted by molar-refractivity contribution is 9.09. The largest absolute Gasteiger partial charge is 0.506 e. The second-order valence-electron chi connectivity index (χ2n) is 4.19. The maximum absolute atomic E-state index is 11.9. The van der Waals surface area contributed by atoms with Gasteiger partial charge in [-0.3, -0.25) is 4.79 Å². The van der Waals surface area contributed by atoms with Crippen molar-refractivity contribution in [2.75, 3.05) is 17.3 Å². The molecule has 0 bridgehead atoms. The smallest absolute Gasteiger partial charge is 0.337 e. The second-order valence-corrected chi connectivity index (χ2v) is 4.75. The number of anilines is 1. The van der Waals surface area contributed by atoms with Crippen LogP contribution in [0, 0.1) is 0 Å². The van der Waals surface area contributed by atoms with Gasteiger partial charge in [-0.2, -0.15) is 0 Å². The van der Waals surface area contributed by atoms with E-state index in [1.165, 1.54) is 30.2 Å². The quantitative estimate of drug-likeness (QED) is 0.680. The van der Waals surface area contributed by atoms with Crippen LogP contribution in [-0.4, -0.2) is 35.5 Å². The molecular weight excluding hydrogens is 314 g/mol. The number of carbonyl (C=O) groups excluding carboxylic acids is 2. The zero-order valence-corrected chi connectivity index (χ0v) is 12.6. The summed E-state index contributed by atoms with van der Waals surface area (Å²) in [6.07, 6.45) is 0. The molecule has 1 rings (SSSR count). The summed E-state index contributed by atoms with van der Waals surface area (Å²) in [7, 11) is 1.28. The van der Waals surface area contributed by atoms with Gasteiger partial charge in [0.1, 0.15) is 5.75 Å². The van der Waals surface area contributed by atoms with Gasteiger partial charge in [0.25, 0.3) is 0 Å². The van der Waals surface area contributed by atoms with Crippen molar-refractivity contribution in [3.05, 3.63) is 23.8 Å². The first-order chi connectivity index (χ1) is 8.92. The normalized spacial score (nSPS) is 10.4. The van der Waals surface area contributed by atoms with Crippen molar-refractivity contribution >= 4 is 33.5 Å². The molecule has 1 N–H and O–H groups in total. The van der Waals surface area contributed by atoms with Gasteiger partial charge >= 0.3 is 5.97 Å². The van der Waals surface area contributed by atoms with E-state index in [-0.39, 0.29) is 28.6 Å². The number of esters is 1. The highest BCUT2D eigenvalue weighted by Gasteiger charge is 2.22. The molecular formula is C13H16BrNO4. The zero-order chi connectivity index (χ0) is 14.6. The zero-order valence-electron chi connectivity index (χ0n) is 11.0. The van der Waals surface area contributed by atoms with Gasteiger partial charge in [0.2, 0.25) is 5.91 Å². The fourth-order valence-electron chi connectivity index (χ4n) is 1.73. The van der Waals surface area contributed by atoms with Crippen LogP contribution in [0.25, 0.3) is 0 Å². The number of methoxy groups -OCH3 is 1. The maximum Gasteiger partial charge on any atom is 0.337 e. The van der Waals surface area contributed by atoms with Gasteiger partial charge in [-0.25, -0.2) is 4.79 Å². The Hall–Kier alpha value is -1.56. The van der Waals surface area contributed by atoms with E-state index < -0.39 is 5.97 Å². The Morgan fingerprint density at radius 3 is 2.53 bits per heavy atom. The number of alkyl halides is 1. The van der Waals surface area contributed by atoms with Crippen LogP contribution in [0.1, 0.15) is 24.2 Å². The third-order valence-corrected chi connectivity index (χ3v) is 3.04. The first-order valence-electron chi connectivity index (χ1n) is 5.71. The van der Waals surface area contributed by atoms with Crippen molar-refractivity contribution in [1.82, 2.24) is 0 Å². The van der Waals surface area contributed by atoms with Crippen LogP contribution in [0.4, 0.5) is 5.69 Å². The second kappa shape index (κ2) is 6.56. The molecule has 0 aromatic heterocycles. The molecule has 0 heterocycles. The van der Waals surface area contributed by atoms with E-state index >= 15 is 0 Å². The lowest BCUT2D eigenvalue weighted by atomic mass is 10.1. The molecule has 1 aromatic rings. The molecule has 1 amide bonds. The molecule has 19 heavy (non-hydrogen) atoms. The van der Waals surface area contributed by atoms with E-state index in [1.54, 1.807) is 0 Å². The maximum atomic E-state index is 11.9. The number of aromatic hydroxyl groups is 1. The predicted octanol–water partition coefficient (Wildman–Crippen LogP) is 2.32. The number of hydrogen-bond acceptors (Lipinski definition) is 4. The van der Waals surface area contributed by atoms with Crippen molar-refractivity contribution in [3.8, 4) is 5.75 Å². The number of phenols is 1. The van der Waals surface area contributed by atoms with Gasteiger partial charge in [-0.1, -0.05) is 15.9 Å². The molecule has 6 heteroatoms. The SMILES string of the molecule is COC(=O)c1ccc(O)c(N(C(=O)CBr)C(C)C)c1. The summed E-state index contributed by atoms with van der Waals surface area (Å²) in [4.78, 5) is 24.8. The van der Waals surface area contributed by atoms with Crippen LogP contribution in [0.15, 0.2) is 18.2 Å². The lowest BCUT2D eigenvalue weighted by Crippen LogP contribution is -2.38. The Labute approximate surface area is 120 Å². The average Bonchev–Trinajstić information content (AvgIpc) is 2.39. The van der Waals surface area contributed by atoms with Crippen molar-refractivity contribution in [2.45, 2.75) is 19.9 Å². The van der Waals surface area contributed by atoms with Gasteiger partial charge < -0.3 is 14.7 Å². The Morgan fingerprint density at radius 1 is 1.42 bits per heavy atom. The molecule has 1 aromatic carbocycles. The van der Waals surface area contributed by atoms with Crippen molar-refractivity contribution in [1.29, 1.82) is 0 Å². The molecule has 0 saturated heterocycles. The van der Waals surface area contributed by atoms with E-state index in [9.17, 15) is 14.7 Å². The van der Waals surface area contributed by atoms with Gasteiger partial charge in [-0.15, -0.1) is 0 Å². The van der Waals surface area contributed by atoms with Crippen LogP contribution in [0.5, 0.6) is 5.75 Å². The van der Waals surface area contributed by atoms with Crippen LogP contribution < -0.4 is 4.90 Å². The number of ether oxygens (including phenoxy) is 1. The molecule has 104 valence electrons.